The van der Waals surface area contributed by atoms with Gasteiger partial charge in [-0.05, 0) is 12.8 Å². The van der Waals surface area contributed by atoms with Crippen LogP contribution >= 0.6 is 0 Å². The molecule has 3 nitrogen and oxygen atoms in total. The first-order valence-electron chi connectivity index (χ1n) is 4.29. The molecule has 0 amide bonds. The molecule has 1 N–H and O–H groups in total. The van der Waals surface area contributed by atoms with E-state index in [2.05, 4.69) is 35.8 Å². The highest BCUT2D eigenvalue weighted by Crippen LogP contribution is 2.23. The summed E-state index contributed by atoms with van der Waals surface area (Å²) in [5.74, 6) is 2.58. The van der Waals surface area contributed by atoms with Crippen molar-refractivity contribution in [3.05, 3.63) is 11.5 Å². The monoisotopic (exact) mass is 167 g/mol. The van der Waals surface area contributed by atoms with Crippen molar-refractivity contribution in [2.75, 3.05) is 12.4 Å². The highest BCUT2D eigenvalue weighted by molar-refractivity contribution is 5.43. The molecular weight excluding hydrogens is 150 g/mol. The molecule has 0 aliphatic heterocycles. The Bertz CT molecular complexity index is 274. The van der Waals surface area contributed by atoms with E-state index in [0.29, 0.717) is 5.92 Å². The van der Waals surface area contributed by atoms with Gasteiger partial charge in [-0.25, -0.2) is 4.98 Å². The summed E-state index contributed by atoms with van der Waals surface area (Å²) in [5.41, 5.74) is 1.27. The Morgan fingerprint density at radius 3 is 2.33 bits per heavy atom. The lowest BCUT2D eigenvalue weighted by Gasteiger charge is -2.08. The molecule has 0 fully saturated rings. The summed E-state index contributed by atoms with van der Waals surface area (Å²) in [6.45, 7) is 6.38. The second-order valence-electron chi connectivity index (χ2n) is 3.36. The summed E-state index contributed by atoms with van der Waals surface area (Å²) in [7, 11) is 3.96. The molecule has 0 spiro atoms. The normalized spacial score (nSPS) is 10.8. The lowest BCUT2D eigenvalue weighted by Crippen LogP contribution is -2.02. The fourth-order valence-corrected chi connectivity index (χ4v) is 1.47. The molecule has 0 unspecified atom stereocenters. The van der Waals surface area contributed by atoms with Gasteiger partial charge in [0.2, 0.25) is 0 Å². The number of rotatable bonds is 2. The van der Waals surface area contributed by atoms with Crippen molar-refractivity contribution in [3.8, 4) is 0 Å². The van der Waals surface area contributed by atoms with Crippen molar-refractivity contribution in [1.29, 1.82) is 0 Å². The van der Waals surface area contributed by atoms with Gasteiger partial charge in [0.05, 0.1) is 5.69 Å². The van der Waals surface area contributed by atoms with E-state index in [-0.39, 0.29) is 0 Å². The zero-order chi connectivity index (χ0) is 9.30. The van der Waals surface area contributed by atoms with Gasteiger partial charge in [-0.15, -0.1) is 0 Å². The summed E-state index contributed by atoms with van der Waals surface area (Å²) < 4.78 is 2.14. The lowest BCUT2D eigenvalue weighted by molar-refractivity contribution is 0.725. The van der Waals surface area contributed by atoms with E-state index in [4.69, 9.17) is 0 Å². The van der Waals surface area contributed by atoms with E-state index >= 15 is 0 Å². The first kappa shape index (κ1) is 9.10. The fourth-order valence-electron chi connectivity index (χ4n) is 1.47. The molecule has 0 bridgehead atoms. The maximum Gasteiger partial charge on any atom is 0.147 e. The lowest BCUT2D eigenvalue weighted by atomic mass is 10.1. The molecule has 1 rings (SSSR count). The summed E-state index contributed by atoms with van der Waals surface area (Å²) in [6.07, 6.45) is 0. The minimum absolute atomic E-state index is 0.513. The average molecular weight is 167 g/mol. The SMILES string of the molecule is CNc1nc(C)n(C)c1C(C)C. The molecule has 0 aromatic carbocycles. The average Bonchev–Trinajstić information content (AvgIpc) is 2.28. The van der Waals surface area contributed by atoms with Gasteiger partial charge in [0.15, 0.2) is 0 Å². The quantitative estimate of drug-likeness (QED) is 0.729. The summed E-state index contributed by atoms with van der Waals surface area (Å²) >= 11 is 0. The van der Waals surface area contributed by atoms with Crippen molar-refractivity contribution in [1.82, 2.24) is 9.55 Å². The van der Waals surface area contributed by atoms with Crippen LogP contribution in [0.5, 0.6) is 0 Å². The number of nitrogens with one attached hydrogen (secondary N) is 1. The predicted molar refractivity (Wildman–Crippen MR) is 51.6 cm³/mol. The van der Waals surface area contributed by atoms with E-state index in [1.807, 2.05) is 14.0 Å². The van der Waals surface area contributed by atoms with Crippen molar-refractivity contribution in [3.63, 3.8) is 0 Å². The minimum atomic E-state index is 0.513. The molecule has 0 saturated heterocycles. The first-order valence-corrected chi connectivity index (χ1v) is 4.29. The molecule has 1 aromatic heterocycles. The third kappa shape index (κ3) is 1.31. The minimum Gasteiger partial charge on any atom is -0.372 e. The van der Waals surface area contributed by atoms with E-state index in [9.17, 15) is 0 Å². The van der Waals surface area contributed by atoms with E-state index in [1.54, 1.807) is 0 Å². The Hall–Kier alpha value is -0.990. The Kier molecular flexibility index (Phi) is 2.40. The number of hydrogen-bond acceptors (Lipinski definition) is 2. The first-order chi connectivity index (χ1) is 5.57. The van der Waals surface area contributed by atoms with Gasteiger partial charge >= 0.3 is 0 Å². The van der Waals surface area contributed by atoms with Gasteiger partial charge in [-0.2, -0.15) is 0 Å². The fraction of sp³-hybridized carbons (Fsp3) is 0.667. The number of aromatic nitrogens is 2. The van der Waals surface area contributed by atoms with Crippen LogP contribution in [0.2, 0.25) is 0 Å². The molecule has 0 saturated carbocycles. The van der Waals surface area contributed by atoms with E-state index in [0.717, 1.165) is 11.6 Å². The van der Waals surface area contributed by atoms with Crippen LogP contribution in [0, 0.1) is 6.92 Å². The second kappa shape index (κ2) is 3.17. The van der Waals surface area contributed by atoms with Crippen molar-refractivity contribution in [2.45, 2.75) is 26.7 Å². The van der Waals surface area contributed by atoms with Crippen LogP contribution in [0.25, 0.3) is 0 Å². The number of imidazole rings is 1. The molecule has 1 aromatic rings. The second-order valence-corrected chi connectivity index (χ2v) is 3.36. The summed E-state index contributed by atoms with van der Waals surface area (Å²) in [5, 5.41) is 3.11. The van der Waals surface area contributed by atoms with Crippen LogP contribution in [-0.4, -0.2) is 16.6 Å². The van der Waals surface area contributed by atoms with Gasteiger partial charge in [0.25, 0.3) is 0 Å². The molecular formula is C9H17N3. The predicted octanol–water partition coefficient (Wildman–Crippen LogP) is 1.89. The molecule has 12 heavy (non-hydrogen) atoms. The zero-order valence-electron chi connectivity index (χ0n) is 8.47. The highest BCUT2D eigenvalue weighted by Gasteiger charge is 2.13. The van der Waals surface area contributed by atoms with Crippen LogP contribution in [0.3, 0.4) is 0 Å². The molecule has 0 atom stereocenters. The number of aryl methyl sites for hydroxylation is 1. The maximum absolute atomic E-state index is 4.40. The zero-order valence-corrected chi connectivity index (χ0v) is 8.47. The topological polar surface area (TPSA) is 29.9 Å². The summed E-state index contributed by atoms with van der Waals surface area (Å²) in [6, 6.07) is 0. The standard InChI is InChI=1S/C9H17N3/c1-6(2)8-9(10-4)11-7(3)12(8)5/h6,10H,1-5H3. The van der Waals surface area contributed by atoms with Gasteiger partial charge in [0, 0.05) is 14.1 Å². The Morgan fingerprint density at radius 1 is 1.42 bits per heavy atom. The van der Waals surface area contributed by atoms with Gasteiger partial charge < -0.3 is 9.88 Å². The van der Waals surface area contributed by atoms with Crippen LogP contribution in [0.1, 0.15) is 31.3 Å². The largest absolute Gasteiger partial charge is 0.372 e. The number of nitrogens with zero attached hydrogens (tertiary/aromatic N) is 2. The third-order valence-corrected chi connectivity index (χ3v) is 2.15. The molecule has 1 heterocycles. The van der Waals surface area contributed by atoms with E-state index < -0.39 is 0 Å². The Morgan fingerprint density at radius 2 is 2.00 bits per heavy atom. The molecule has 3 heteroatoms. The molecule has 0 radical (unpaired) electrons. The van der Waals surface area contributed by atoms with Crippen molar-refractivity contribution >= 4 is 5.82 Å². The van der Waals surface area contributed by atoms with Gasteiger partial charge in [-0.3, -0.25) is 0 Å². The van der Waals surface area contributed by atoms with Crippen LogP contribution in [0.4, 0.5) is 5.82 Å². The van der Waals surface area contributed by atoms with Crippen LogP contribution in [-0.2, 0) is 7.05 Å². The van der Waals surface area contributed by atoms with Crippen molar-refractivity contribution in [2.24, 2.45) is 7.05 Å². The Balaban J connectivity index is 3.21. The van der Waals surface area contributed by atoms with Crippen LogP contribution in [0.15, 0.2) is 0 Å². The number of hydrogen-bond donors (Lipinski definition) is 1. The Labute approximate surface area is 73.8 Å². The van der Waals surface area contributed by atoms with Crippen molar-refractivity contribution < 1.29 is 0 Å². The van der Waals surface area contributed by atoms with Gasteiger partial charge in [0.1, 0.15) is 11.6 Å². The maximum atomic E-state index is 4.40. The third-order valence-electron chi connectivity index (χ3n) is 2.15. The highest BCUT2D eigenvalue weighted by atomic mass is 15.1. The van der Waals surface area contributed by atoms with Crippen LogP contribution < -0.4 is 5.32 Å². The molecule has 0 aliphatic carbocycles. The summed E-state index contributed by atoms with van der Waals surface area (Å²) in [4.78, 5) is 4.40. The molecule has 68 valence electrons. The molecule has 0 aliphatic rings. The van der Waals surface area contributed by atoms with E-state index in [1.165, 1.54) is 5.69 Å². The smallest absolute Gasteiger partial charge is 0.147 e. The van der Waals surface area contributed by atoms with Gasteiger partial charge in [-0.1, -0.05) is 13.8 Å². The number of anilines is 1.